The van der Waals surface area contributed by atoms with E-state index in [0.29, 0.717) is 18.9 Å². The third-order valence-electron chi connectivity index (χ3n) is 4.28. The molecule has 3 rings (SSSR count). The third-order valence-corrected chi connectivity index (χ3v) is 5.74. The van der Waals surface area contributed by atoms with Crippen LogP contribution in [0.2, 0.25) is 0 Å². The standard InChI is InChI=1S/C19H24N4OS/c1-11(2)19-23-12(3)17(25-19)10-22-18(24)15(20)8-13-9-21-16-7-5-4-6-14(13)16/h4-7,9,11,15,21H,8,10,20H2,1-3H3,(H,22,24)/t15-/m1/s1. The number of nitrogens with one attached hydrogen (secondary N) is 2. The average Bonchev–Trinajstić information content (AvgIpc) is 3.17. The second-order valence-corrected chi connectivity index (χ2v) is 7.72. The number of para-hydroxylation sites is 1. The number of hydrogen-bond acceptors (Lipinski definition) is 4. The van der Waals surface area contributed by atoms with Crippen LogP contribution in [0.5, 0.6) is 0 Å². The zero-order valence-electron chi connectivity index (χ0n) is 14.8. The molecular formula is C19H24N4OS. The number of carbonyl (C=O) groups excluding carboxylic acids is 1. The first-order valence-corrected chi connectivity index (χ1v) is 9.32. The first kappa shape index (κ1) is 17.6. The minimum atomic E-state index is -0.572. The predicted octanol–water partition coefficient (Wildman–Crippen LogP) is 3.24. The molecule has 25 heavy (non-hydrogen) atoms. The summed E-state index contributed by atoms with van der Waals surface area (Å²) in [4.78, 5) is 21.2. The molecule has 4 N–H and O–H groups in total. The molecule has 0 saturated carbocycles. The van der Waals surface area contributed by atoms with Gasteiger partial charge >= 0.3 is 0 Å². The molecule has 2 heterocycles. The predicted molar refractivity (Wildman–Crippen MR) is 103 cm³/mol. The van der Waals surface area contributed by atoms with Crippen LogP contribution in [0, 0.1) is 6.92 Å². The van der Waals surface area contributed by atoms with Gasteiger partial charge < -0.3 is 16.0 Å². The maximum atomic E-state index is 12.4. The Bertz CT molecular complexity index is 881. The van der Waals surface area contributed by atoms with Crippen LogP contribution in [-0.2, 0) is 17.8 Å². The summed E-state index contributed by atoms with van der Waals surface area (Å²) in [5.74, 6) is 0.265. The molecule has 0 unspecified atom stereocenters. The van der Waals surface area contributed by atoms with Gasteiger partial charge in [-0.25, -0.2) is 4.98 Å². The molecule has 0 bridgehead atoms. The Balaban J connectivity index is 1.61. The number of nitrogens with two attached hydrogens (primary N) is 1. The maximum Gasteiger partial charge on any atom is 0.237 e. The van der Waals surface area contributed by atoms with Crippen LogP contribution in [0.15, 0.2) is 30.5 Å². The molecule has 0 saturated heterocycles. The van der Waals surface area contributed by atoms with E-state index >= 15 is 0 Å². The summed E-state index contributed by atoms with van der Waals surface area (Å²) in [6.45, 7) is 6.71. The highest BCUT2D eigenvalue weighted by atomic mass is 32.1. The number of amides is 1. The number of fused-ring (bicyclic) bond motifs is 1. The first-order chi connectivity index (χ1) is 12.0. The highest BCUT2D eigenvalue weighted by Gasteiger charge is 2.17. The normalized spacial score (nSPS) is 12.7. The van der Waals surface area contributed by atoms with Gasteiger partial charge in [0.1, 0.15) is 0 Å². The van der Waals surface area contributed by atoms with Gasteiger partial charge in [0, 0.05) is 27.9 Å². The summed E-state index contributed by atoms with van der Waals surface area (Å²) in [6, 6.07) is 7.46. The van der Waals surface area contributed by atoms with Crippen LogP contribution < -0.4 is 11.1 Å². The number of rotatable bonds is 6. The molecule has 0 radical (unpaired) electrons. The van der Waals surface area contributed by atoms with E-state index in [1.54, 1.807) is 11.3 Å². The number of thiazole rings is 1. The Morgan fingerprint density at radius 3 is 2.84 bits per heavy atom. The fourth-order valence-corrected chi connectivity index (χ4v) is 3.80. The van der Waals surface area contributed by atoms with Gasteiger partial charge in [0.15, 0.2) is 0 Å². The van der Waals surface area contributed by atoms with Crippen molar-refractivity contribution in [2.24, 2.45) is 5.73 Å². The van der Waals surface area contributed by atoms with Crippen molar-refractivity contribution in [1.82, 2.24) is 15.3 Å². The van der Waals surface area contributed by atoms with E-state index in [2.05, 4.69) is 29.1 Å². The molecular weight excluding hydrogens is 332 g/mol. The van der Waals surface area contributed by atoms with Crippen molar-refractivity contribution in [3.63, 3.8) is 0 Å². The van der Waals surface area contributed by atoms with Crippen LogP contribution in [0.1, 0.15) is 40.9 Å². The highest BCUT2D eigenvalue weighted by Crippen LogP contribution is 2.24. The van der Waals surface area contributed by atoms with Gasteiger partial charge in [-0.05, 0) is 25.0 Å². The minimum absolute atomic E-state index is 0.135. The lowest BCUT2D eigenvalue weighted by molar-refractivity contribution is -0.122. The minimum Gasteiger partial charge on any atom is -0.361 e. The van der Waals surface area contributed by atoms with E-state index < -0.39 is 6.04 Å². The Morgan fingerprint density at radius 1 is 1.36 bits per heavy atom. The molecule has 6 heteroatoms. The molecule has 0 aliphatic carbocycles. The van der Waals surface area contributed by atoms with Gasteiger partial charge in [-0.3, -0.25) is 4.79 Å². The monoisotopic (exact) mass is 356 g/mol. The van der Waals surface area contributed by atoms with E-state index in [9.17, 15) is 4.79 Å². The lowest BCUT2D eigenvalue weighted by Crippen LogP contribution is -2.41. The van der Waals surface area contributed by atoms with Crippen molar-refractivity contribution in [3.05, 3.63) is 51.6 Å². The molecule has 5 nitrogen and oxygen atoms in total. The van der Waals surface area contributed by atoms with Gasteiger partial charge in [0.05, 0.1) is 23.3 Å². The zero-order valence-corrected chi connectivity index (χ0v) is 15.6. The largest absolute Gasteiger partial charge is 0.361 e. The molecule has 1 aromatic carbocycles. The lowest BCUT2D eigenvalue weighted by Gasteiger charge is -2.11. The van der Waals surface area contributed by atoms with E-state index in [1.165, 1.54) is 0 Å². The summed E-state index contributed by atoms with van der Waals surface area (Å²) in [6.07, 6.45) is 2.44. The maximum absolute atomic E-state index is 12.4. The number of aromatic amines is 1. The Morgan fingerprint density at radius 2 is 2.12 bits per heavy atom. The van der Waals surface area contributed by atoms with Gasteiger partial charge in [-0.15, -0.1) is 11.3 Å². The molecule has 0 spiro atoms. The molecule has 3 aromatic rings. The van der Waals surface area contributed by atoms with Crippen LogP contribution >= 0.6 is 11.3 Å². The van der Waals surface area contributed by atoms with Gasteiger partial charge in [-0.1, -0.05) is 32.0 Å². The van der Waals surface area contributed by atoms with E-state index in [4.69, 9.17) is 5.73 Å². The van der Waals surface area contributed by atoms with Gasteiger partial charge in [0.2, 0.25) is 5.91 Å². The molecule has 2 aromatic heterocycles. The molecule has 0 aliphatic heterocycles. The Labute approximate surface area is 151 Å². The quantitative estimate of drug-likeness (QED) is 0.634. The average molecular weight is 356 g/mol. The number of benzene rings is 1. The fraction of sp³-hybridized carbons (Fsp3) is 0.368. The number of aromatic nitrogens is 2. The summed E-state index contributed by atoms with van der Waals surface area (Å²) in [5.41, 5.74) is 9.23. The van der Waals surface area contributed by atoms with Crippen molar-refractivity contribution in [2.75, 3.05) is 0 Å². The van der Waals surface area contributed by atoms with Crippen molar-refractivity contribution in [3.8, 4) is 0 Å². The van der Waals surface area contributed by atoms with Crippen LogP contribution in [-0.4, -0.2) is 21.9 Å². The molecule has 132 valence electrons. The van der Waals surface area contributed by atoms with Crippen LogP contribution in [0.25, 0.3) is 10.9 Å². The molecule has 0 fully saturated rings. The third kappa shape index (κ3) is 3.91. The Kier molecular flexibility index (Phi) is 5.20. The summed E-state index contributed by atoms with van der Waals surface area (Å²) in [5, 5.41) is 5.17. The molecule has 1 atom stereocenters. The zero-order chi connectivity index (χ0) is 18.0. The topological polar surface area (TPSA) is 83.8 Å². The Hall–Kier alpha value is -2.18. The van der Waals surface area contributed by atoms with E-state index in [0.717, 1.165) is 32.0 Å². The van der Waals surface area contributed by atoms with E-state index in [1.807, 2.05) is 37.4 Å². The highest BCUT2D eigenvalue weighted by molar-refractivity contribution is 7.11. The van der Waals surface area contributed by atoms with Crippen LogP contribution in [0.3, 0.4) is 0 Å². The summed E-state index contributed by atoms with van der Waals surface area (Å²) >= 11 is 1.66. The summed E-state index contributed by atoms with van der Waals surface area (Å²) in [7, 11) is 0. The summed E-state index contributed by atoms with van der Waals surface area (Å²) < 4.78 is 0. The van der Waals surface area contributed by atoms with Crippen molar-refractivity contribution < 1.29 is 4.79 Å². The van der Waals surface area contributed by atoms with Crippen LogP contribution in [0.4, 0.5) is 0 Å². The number of H-pyrrole nitrogens is 1. The molecule has 0 aliphatic rings. The first-order valence-electron chi connectivity index (χ1n) is 8.50. The second-order valence-electron chi connectivity index (χ2n) is 6.60. The number of aryl methyl sites for hydroxylation is 1. The van der Waals surface area contributed by atoms with Crippen molar-refractivity contribution >= 4 is 28.1 Å². The second kappa shape index (κ2) is 7.37. The number of carbonyl (C=O) groups is 1. The SMILES string of the molecule is Cc1nc(C(C)C)sc1CNC(=O)[C@H](N)Cc1c[nH]c2ccccc12. The van der Waals surface area contributed by atoms with Gasteiger partial charge in [-0.2, -0.15) is 0 Å². The van der Waals surface area contributed by atoms with Crippen molar-refractivity contribution in [2.45, 2.75) is 45.7 Å². The number of nitrogens with zero attached hydrogens (tertiary/aromatic N) is 1. The molecule has 1 amide bonds. The number of hydrogen-bond donors (Lipinski definition) is 3. The van der Waals surface area contributed by atoms with E-state index in [-0.39, 0.29) is 5.91 Å². The van der Waals surface area contributed by atoms with Crippen molar-refractivity contribution in [1.29, 1.82) is 0 Å². The lowest BCUT2D eigenvalue weighted by atomic mass is 10.1. The smallest absolute Gasteiger partial charge is 0.237 e. The van der Waals surface area contributed by atoms with Gasteiger partial charge in [0.25, 0.3) is 0 Å². The fourth-order valence-electron chi connectivity index (χ4n) is 2.79.